The van der Waals surface area contributed by atoms with Gasteiger partial charge in [-0.3, -0.25) is 4.79 Å². The van der Waals surface area contributed by atoms with Crippen molar-refractivity contribution in [2.75, 3.05) is 5.75 Å². The van der Waals surface area contributed by atoms with Gasteiger partial charge in [-0.05, 0) is 44.1 Å². The Morgan fingerprint density at radius 3 is 2.73 bits per heavy atom. The molecule has 3 nitrogen and oxygen atoms in total. The van der Waals surface area contributed by atoms with Crippen LogP contribution < -0.4 is 0 Å². The molecule has 2 rings (SSSR count). The Labute approximate surface area is 166 Å². The first kappa shape index (κ1) is 21.5. The lowest BCUT2D eigenvalue weighted by Crippen LogP contribution is -2.03. The number of carboxylic acids is 1. The van der Waals surface area contributed by atoms with Gasteiger partial charge in [0.05, 0.1) is 17.0 Å². The van der Waals surface area contributed by atoms with Gasteiger partial charge in [0.25, 0.3) is 0 Å². The lowest BCUT2D eigenvalue weighted by atomic mass is 9.87. The van der Waals surface area contributed by atoms with E-state index in [2.05, 4.69) is 20.8 Å². The number of nitrogens with zero attached hydrogens (tertiary/aromatic N) is 1. The second-order valence-electron chi connectivity index (χ2n) is 7.37. The number of allylic oxidation sites excluding steroid dienone is 2. The first-order valence-electron chi connectivity index (χ1n) is 10.1. The Balaban J connectivity index is 2.29. The Morgan fingerprint density at radius 1 is 1.27 bits per heavy atom. The van der Waals surface area contributed by atoms with Crippen LogP contribution in [-0.4, -0.2) is 21.8 Å². The Bertz CT molecular complexity index is 622. The van der Waals surface area contributed by atoms with Crippen LogP contribution in [-0.2, 0) is 11.2 Å². The van der Waals surface area contributed by atoms with Gasteiger partial charge in [0, 0.05) is 5.75 Å². The van der Waals surface area contributed by atoms with Crippen molar-refractivity contribution in [3.63, 3.8) is 0 Å². The van der Waals surface area contributed by atoms with Crippen molar-refractivity contribution in [2.45, 2.75) is 89.3 Å². The molecule has 0 amide bonds. The summed E-state index contributed by atoms with van der Waals surface area (Å²) < 4.78 is 1.04. The highest BCUT2D eigenvalue weighted by Gasteiger charge is 2.20. The summed E-state index contributed by atoms with van der Waals surface area (Å²) >= 11 is 3.39. The van der Waals surface area contributed by atoms with Gasteiger partial charge in [-0.25, -0.2) is 4.98 Å². The predicted molar refractivity (Wildman–Crippen MR) is 113 cm³/mol. The van der Waals surface area contributed by atoms with Crippen molar-refractivity contribution in [3.05, 3.63) is 16.1 Å². The monoisotopic (exact) mass is 395 g/mol. The third kappa shape index (κ3) is 6.41. The molecule has 1 aromatic heterocycles. The van der Waals surface area contributed by atoms with E-state index in [1.807, 2.05) is 0 Å². The highest BCUT2D eigenvalue weighted by atomic mass is 32.2. The van der Waals surface area contributed by atoms with Crippen LogP contribution in [0.3, 0.4) is 0 Å². The number of thioether (sulfide) groups is 1. The van der Waals surface area contributed by atoms with E-state index < -0.39 is 5.97 Å². The molecule has 1 atom stereocenters. The molecule has 5 heteroatoms. The van der Waals surface area contributed by atoms with E-state index in [9.17, 15) is 4.79 Å². The van der Waals surface area contributed by atoms with E-state index in [-0.39, 0.29) is 6.42 Å². The minimum Gasteiger partial charge on any atom is -0.481 e. The molecular weight excluding hydrogens is 362 g/mol. The summed E-state index contributed by atoms with van der Waals surface area (Å²) in [6.07, 6.45) is 11.4. The molecule has 1 unspecified atom stereocenters. The first-order chi connectivity index (χ1) is 12.5. The third-order valence-corrected chi connectivity index (χ3v) is 7.56. The lowest BCUT2D eigenvalue weighted by molar-refractivity contribution is -0.136. The molecule has 0 aliphatic heterocycles. The van der Waals surface area contributed by atoms with E-state index >= 15 is 0 Å². The molecule has 0 saturated heterocycles. The fourth-order valence-corrected chi connectivity index (χ4v) is 5.89. The topological polar surface area (TPSA) is 50.2 Å². The molecule has 0 fully saturated rings. The van der Waals surface area contributed by atoms with E-state index in [1.54, 1.807) is 28.7 Å². The van der Waals surface area contributed by atoms with Gasteiger partial charge in [0.15, 0.2) is 4.34 Å². The number of carboxylic acid groups (broad SMARTS) is 1. The summed E-state index contributed by atoms with van der Waals surface area (Å²) in [4.78, 5) is 17.0. The number of rotatable bonds is 7. The summed E-state index contributed by atoms with van der Waals surface area (Å²) in [6.45, 7) is 6.91. The van der Waals surface area contributed by atoms with Crippen molar-refractivity contribution in [3.8, 4) is 0 Å². The van der Waals surface area contributed by atoms with Crippen LogP contribution >= 0.6 is 23.1 Å². The van der Waals surface area contributed by atoms with Gasteiger partial charge >= 0.3 is 5.97 Å². The van der Waals surface area contributed by atoms with Crippen molar-refractivity contribution in [2.24, 2.45) is 5.92 Å². The highest BCUT2D eigenvalue weighted by molar-refractivity contribution is 8.01. The number of carbonyl (C=O) groups is 1. The highest BCUT2D eigenvalue weighted by Crippen LogP contribution is 2.39. The minimum atomic E-state index is -0.734. The molecule has 0 bridgehead atoms. The van der Waals surface area contributed by atoms with Crippen LogP contribution in [0, 0.1) is 5.92 Å². The largest absolute Gasteiger partial charge is 0.481 e. The summed E-state index contributed by atoms with van der Waals surface area (Å²) in [5, 5.41) is 8.87. The lowest BCUT2D eigenvalue weighted by Gasteiger charge is -2.20. The van der Waals surface area contributed by atoms with Crippen LogP contribution in [0.4, 0.5) is 0 Å². The number of thiazole rings is 1. The van der Waals surface area contributed by atoms with E-state index in [0.717, 1.165) is 23.6 Å². The average Bonchev–Trinajstić information content (AvgIpc) is 2.99. The van der Waals surface area contributed by atoms with Gasteiger partial charge in [-0.15, -0.1) is 11.3 Å². The predicted octanol–water partition coefficient (Wildman–Crippen LogP) is 6.82. The molecule has 1 N–H and O–H groups in total. The van der Waals surface area contributed by atoms with Crippen molar-refractivity contribution in [1.82, 2.24) is 4.98 Å². The van der Waals surface area contributed by atoms with Crippen LogP contribution in [0.15, 0.2) is 9.91 Å². The maximum atomic E-state index is 10.8. The molecule has 0 radical (unpaired) electrons. The van der Waals surface area contributed by atoms with Crippen LogP contribution in [0.5, 0.6) is 0 Å². The smallest absolute Gasteiger partial charge is 0.304 e. The van der Waals surface area contributed by atoms with Gasteiger partial charge in [0.2, 0.25) is 0 Å². The van der Waals surface area contributed by atoms with Crippen LogP contribution in [0.2, 0.25) is 0 Å². The summed E-state index contributed by atoms with van der Waals surface area (Å²) in [6, 6.07) is 0. The van der Waals surface area contributed by atoms with Gasteiger partial charge < -0.3 is 5.11 Å². The molecule has 146 valence electrons. The molecule has 0 spiro atoms. The van der Waals surface area contributed by atoms with Gasteiger partial charge in [0.1, 0.15) is 0 Å². The Hall–Kier alpha value is -0.810. The number of aliphatic carboxylic acids is 1. The van der Waals surface area contributed by atoms with Crippen molar-refractivity contribution < 1.29 is 9.90 Å². The Morgan fingerprint density at radius 2 is 2.00 bits per heavy atom. The van der Waals surface area contributed by atoms with E-state index in [4.69, 9.17) is 10.1 Å². The first-order valence-corrected chi connectivity index (χ1v) is 11.9. The third-order valence-electron chi connectivity index (χ3n) is 5.26. The summed E-state index contributed by atoms with van der Waals surface area (Å²) in [5.41, 5.74) is 4.31. The second kappa shape index (κ2) is 11.1. The zero-order chi connectivity index (χ0) is 18.9. The molecule has 1 aliphatic carbocycles. The maximum Gasteiger partial charge on any atom is 0.304 e. The molecule has 1 aliphatic rings. The fraction of sp³-hybridized carbons (Fsp3) is 0.714. The quantitative estimate of drug-likeness (QED) is 0.515. The number of aryl methyl sites for hydroxylation is 1. The van der Waals surface area contributed by atoms with E-state index in [1.165, 1.54) is 54.7 Å². The summed E-state index contributed by atoms with van der Waals surface area (Å²) in [7, 11) is 0. The molecule has 0 aromatic carbocycles. The molecule has 1 aromatic rings. The molecule has 1 heterocycles. The number of hydrogen-bond donors (Lipinski definition) is 1. The minimum absolute atomic E-state index is 0.196. The van der Waals surface area contributed by atoms with Gasteiger partial charge in [-0.1, -0.05) is 63.3 Å². The summed E-state index contributed by atoms with van der Waals surface area (Å²) in [5.74, 6) is 0.507. The zero-order valence-corrected chi connectivity index (χ0v) is 18.1. The van der Waals surface area contributed by atoms with E-state index in [0.29, 0.717) is 11.7 Å². The van der Waals surface area contributed by atoms with Crippen LogP contribution in [0.1, 0.15) is 89.1 Å². The maximum absolute atomic E-state index is 10.8. The Kier molecular flexibility index (Phi) is 9.20. The average molecular weight is 396 g/mol. The van der Waals surface area contributed by atoms with Gasteiger partial charge in [-0.2, -0.15) is 0 Å². The molecular formula is C21H33NO2S2. The van der Waals surface area contributed by atoms with Crippen molar-refractivity contribution >= 4 is 34.6 Å². The number of hydrogen-bond acceptors (Lipinski definition) is 4. The zero-order valence-electron chi connectivity index (χ0n) is 16.5. The number of aromatic nitrogens is 1. The normalized spacial score (nSPS) is 22.3. The fourth-order valence-electron chi connectivity index (χ4n) is 3.55. The molecule has 0 saturated carbocycles. The van der Waals surface area contributed by atoms with Crippen molar-refractivity contribution in [1.29, 1.82) is 0 Å². The standard InChI is InChI=1S/C21H33NO2S2/c1-4-10-18-20(26-21(22-18)25-14-13-19(23)24)17-12-9-7-5-6-8-11-15(2)16(17)3/h15H,4-14H2,1-3H3,(H,23,24)/b17-16-. The second-order valence-corrected chi connectivity index (χ2v) is 9.71. The SMILES string of the molecule is CCCc1nc(SCCC(=O)O)sc1/C1=C(/C)C(C)CCCCCCC1. The van der Waals surface area contributed by atoms with Crippen LogP contribution in [0.25, 0.3) is 5.57 Å². The molecule has 26 heavy (non-hydrogen) atoms.